The van der Waals surface area contributed by atoms with Gasteiger partial charge in [-0.3, -0.25) is 4.79 Å². The maximum Gasteiger partial charge on any atom is 0.224 e. The second kappa shape index (κ2) is 9.68. The van der Waals surface area contributed by atoms with Gasteiger partial charge in [-0.25, -0.2) is 0 Å². The van der Waals surface area contributed by atoms with Crippen molar-refractivity contribution in [2.45, 2.75) is 52.1 Å². The molecule has 0 bridgehead atoms. The SMILES string of the molecule is CC(C)NCc1ccc(CC(=O)NCCN2CCCCC2)cc1. The Morgan fingerprint density at radius 2 is 1.74 bits per heavy atom. The first-order valence-electron chi connectivity index (χ1n) is 8.94. The van der Waals surface area contributed by atoms with E-state index in [2.05, 4.69) is 53.6 Å². The van der Waals surface area contributed by atoms with Crippen LogP contribution < -0.4 is 10.6 Å². The zero-order chi connectivity index (χ0) is 16.5. The van der Waals surface area contributed by atoms with Crippen LogP contribution in [0.25, 0.3) is 0 Å². The van der Waals surface area contributed by atoms with Gasteiger partial charge >= 0.3 is 0 Å². The number of amides is 1. The van der Waals surface area contributed by atoms with E-state index in [4.69, 9.17) is 0 Å². The predicted molar refractivity (Wildman–Crippen MR) is 95.4 cm³/mol. The third kappa shape index (κ3) is 7.14. The normalized spacial score (nSPS) is 15.8. The van der Waals surface area contributed by atoms with Crippen LogP contribution in [0.4, 0.5) is 0 Å². The average molecular weight is 317 g/mol. The summed E-state index contributed by atoms with van der Waals surface area (Å²) in [6.45, 7) is 9.26. The van der Waals surface area contributed by atoms with E-state index in [0.29, 0.717) is 12.5 Å². The Balaban J connectivity index is 1.66. The molecule has 4 heteroatoms. The molecule has 1 aliphatic rings. The Morgan fingerprint density at radius 1 is 1.09 bits per heavy atom. The lowest BCUT2D eigenvalue weighted by Crippen LogP contribution is -2.38. The third-order valence-electron chi connectivity index (χ3n) is 4.30. The Bertz CT molecular complexity index is 464. The van der Waals surface area contributed by atoms with E-state index in [1.807, 2.05) is 0 Å². The summed E-state index contributed by atoms with van der Waals surface area (Å²) in [5.74, 6) is 0.120. The molecule has 1 aromatic carbocycles. The molecule has 1 aromatic rings. The molecule has 0 aliphatic carbocycles. The lowest BCUT2D eigenvalue weighted by atomic mass is 10.1. The van der Waals surface area contributed by atoms with E-state index >= 15 is 0 Å². The molecule has 0 spiro atoms. The molecule has 1 aliphatic heterocycles. The molecule has 0 aromatic heterocycles. The van der Waals surface area contributed by atoms with E-state index < -0.39 is 0 Å². The Morgan fingerprint density at radius 3 is 2.39 bits per heavy atom. The van der Waals surface area contributed by atoms with E-state index in [-0.39, 0.29) is 5.91 Å². The summed E-state index contributed by atoms with van der Waals surface area (Å²) in [7, 11) is 0. The second-order valence-corrected chi connectivity index (χ2v) is 6.78. The predicted octanol–water partition coefficient (Wildman–Crippen LogP) is 2.33. The number of hydrogen-bond acceptors (Lipinski definition) is 3. The number of likely N-dealkylation sites (tertiary alicyclic amines) is 1. The summed E-state index contributed by atoms with van der Waals surface area (Å²) in [5.41, 5.74) is 2.33. The molecule has 4 nitrogen and oxygen atoms in total. The largest absolute Gasteiger partial charge is 0.355 e. The minimum Gasteiger partial charge on any atom is -0.355 e. The van der Waals surface area contributed by atoms with Crippen LogP contribution in [0, 0.1) is 0 Å². The summed E-state index contributed by atoms with van der Waals surface area (Å²) in [6, 6.07) is 8.81. The van der Waals surface area contributed by atoms with Crippen molar-refractivity contribution in [1.82, 2.24) is 15.5 Å². The lowest BCUT2D eigenvalue weighted by Gasteiger charge is -2.26. The Kier molecular flexibility index (Phi) is 7.56. The zero-order valence-electron chi connectivity index (χ0n) is 14.6. The molecule has 0 saturated carbocycles. The monoisotopic (exact) mass is 317 g/mol. The van der Waals surface area contributed by atoms with Gasteiger partial charge in [0.05, 0.1) is 6.42 Å². The van der Waals surface area contributed by atoms with Crippen molar-refractivity contribution >= 4 is 5.91 Å². The van der Waals surface area contributed by atoms with Crippen LogP contribution in [-0.4, -0.2) is 43.0 Å². The maximum atomic E-state index is 12.0. The molecule has 0 atom stereocenters. The van der Waals surface area contributed by atoms with E-state index in [1.54, 1.807) is 0 Å². The number of nitrogens with one attached hydrogen (secondary N) is 2. The molecular formula is C19H31N3O. The highest BCUT2D eigenvalue weighted by Crippen LogP contribution is 2.08. The van der Waals surface area contributed by atoms with Crippen molar-refractivity contribution < 1.29 is 4.79 Å². The minimum absolute atomic E-state index is 0.120. The molecule has 1 heterocycles. The van der Waals surface area contributed by atoms with Crippen molar-refractivity contribution in [2.24, 2.45) is 0 Å². The molecule has 1 amide bonds. The summed E-state index contributed by atoms with van der Waals surface area (Å²) in [6.07, 6.45) is 4.42. The van der Waals surface area contributed by atoms with Crippen molar-refractivity contribution in [3.63, 3.8) is 0 Å². The van der Waals surface area contributed by atoms with E-state index in [1.165, 1.54) is 37.9 Å². The number of nitrogens with zero attached hydrogens (tertiary/aromatic N) is 1. The van der Waals surface area contributed by atoms with Crippen LogP contribution in [-0.2, 0) is 17.8 Å². The number of piperidine rings is 1. The van der Waals surface area contributed by atoms with Crippen LogP contribution in [0.3, 0.4) is 0 Å². The van der Waals surface area contributed by atoms with Crippen LogP contribution >= 0.6 is 0 Å². The van der Waals surface area contributed by atoms with E-state index in [9.17, 15) is 4.79 Å². The van der Waals surface area contributed by atoms with Gasteiger partial charge in [-0.15, -0.1) is 0 Å². The van der Waals surface area contributed by atoms with Gasteiger partial charge < -0.3 is 15.5 Å². The van der Waals surface area contributed by atoms with Gasteiger partial charge in [-0.1, -0.05) is 44.5 Å². The highest BCUT2D eigenvalue weighted by Gasteiger charge is 2.10. The number of carbonyl (C=O) groups excluding carboxylic acids is 1. The molecule has 2 rings (SSSR count). The molecule has 1 saturated heterocycles. The lowest BCUT2D eigenvalue weighted by molar-refractivity contribution is -0.120. The summed E-state index contributed by atoms with van der Waals surface area (Å²) < 4.78 is 0. The van der Waals surface area contributed by atoms with Crippen molar-refractivity contribution in [3.8, 4) is 0 Å². The number of carbonyl (C=O) groups is 1. The molecule has 1 fully saturated rings. The van der Waals surface area contributed by atoms with Crippen molar-refractivity contribution in [2.75, 3.05) is 26.2 Å². The van der Waals surface area contributed by atoms with Gasteiger partial charge in [0.2, 0.25) is 5.91 Å². The summed E-state index contributed by atoms with van der Waals surface area (Å²) in [4.78, 5) is 14.5. The van der Waals surface area contributed by atoms with Crippen LogP contribution in [0.1, 0.15) is 44.2 Å². The van der Waals surface area contributed by atoms with Crippen molar-refractivity contribution in [1.29, 1.82) is 0 Å². The Labute approximate surface area is 140 Å². The quantitative estimate of drug-likeness (QED) is 0.773. The average Bonchev–Trinajstić information content (AvgIpc) is 2.55. The Hall–Kier alpha value is -1.39. The third-order valence-corrected chi connectivity index (χ3v) is 4.30. The zero-order valence-corrected chi connectivity index (χ0v) is 14.6. The van der Waals surface area contributed by atoms with E-state index in [0.717, 1.165) is 25.2 Å². The van der Waals surface area contributed by atoms with Gasteiger partial charge in [-0.2, -0.15) is 0 Å². The molecule has 0 radical (unpaired) electrons. The molecule has 23 heavy (non-hydrogen) atoms. The molecule has 128 valence electrons. The smallest absolute Gasteiger partial charge is 0.224 e. The first-order valence-corrected chi connectivity index (χ1v) is 8.94. The number of benzene rings is 1. The molecule has 2 N–H and O–H groups in total. The van der Waals surface area contributed by atoms with Gasteiger partial charge in [-0.05, 0) is 37.1 Å². The topological polar surface area (TPSA) is 44.4 Å². The minimum atomic E-state index is 0.120. The van der Waals surface area contributed by atoms with Gasteiger partial charge in [0.15, 0.2) is 0 Å². The fraction of sp³-hybridized carbons (Fsp3) is 0.632. The number of rotatable bonds is 8. The van der Waals surface area contributed by atoms with Crippen LogP contribution in [0.2, 0.25) is 0 Å². The number of hydrogen-bond donors (Lipinski definition) is 2. The maximum absolute atomic E-state index is 12.0. The van der Waals surface area contributed by atoms with Gasteiger partial charge in [0.1, 0.15) is 0 Å². The standard InChI is InChI=1S/C19H31N3O/c1-16(2)21-15-18-8-6-17(7-9-18)14-19(23)20-10-13-22-11-4-3-5-12-22/h6-9,16,21H,3-5,10-15H2,1-2H3,(H,20,23). The molecular weight excluding hydrogens is 286 g/mol. The van der Waals surface area contributed by atoms with Crippen LogP contribution in [0.15, 0.2) is 24.3 Å². The highest BCUT2D eigenvalue weighted by molar-refractivity contribution is 5.78. The fourth-order valence-electron chi connectivity index (χ4n) is 2.88. The van der Waals surface area contributed by atoms with Gasteiger partial charge in [0.25, 0.3) is 0 Å². The first-order chi connectivity index (χ1) is 11.1. The summed E-state index contributed by atoms with van der Waals surface area (Å²) in [5, 5.41) is 6.44. The molecule has 0 unspecified atom stereocenters. The second-order valence-electron chi connectivity index (χ2n) is 6.78. The first kappa shape index (κ1) is 18.0. The summed E-state index contributed by atoms with van der Waals surface area (Å²) >= 11 is 0. The highest BCUT2D eigenvalue weighted by atomic mass is 16.1. The van der Waals surface area contributed by atoms with Gasteiger partial charge in [0, 0.05) is 25.7 Å². The van der Waals surface area contributed by atoms with Crippen LogP contribution in [0.5, 0.6) is 0 Å². The fourth-order valence-corrected chi connectivity index (χ4v) is 2.88. The van der Waals surface area contributed by atoms with Crippen molar-refractivity contribution in [3.05, 3.63) is 35.4 Å².